The zero-order valence-corrected chi connectivity index (χ0v) is 12.7. The monoisotopic (exact) mass is 321 g/mol. The summed E-state index contributed by atoms with van der Waals surface area (Å²) in [6.45, 7) is 3.87. The molecule has 2 rings (SSSR count). The zero-order chi connectivity index (χ0) is 13.8. The Kier molecular flexibility index (Phi) is 4.59. The average Bonchev–Trinajstić information content (AvgIpc) is 2.37. The Morgan fingerprint density at radius 3 is 2.47 bits per heavy atom. The van der Waals surface area contributed by atoms with E-state index >= 15 is 0 Å². The number of nitrogens with one attached hydrogen (secondary N) is 1. The van der Waals surface area contributed by atoms with Crippen molar-refractivity contribution in [2.45, 2.75) is 26.3 Å². The normalized spacial score (nSPS) is 12.2. The van der Waals surface area contributed by atoms with Gasteiger partial charge in [-0.25, -0.2) is 4.39 Å². The van der Waals surface area contributed by atoms with E-state index in [-0.39, 0.29) is 11.9 Å². The Labute approximate surface area is 122 Å². The van der Waals surface area contributed by atoms with Gasteiger partial charge in [0.15, 0.2) is 0 Å². The van der Waals surface area contributed by atoms with Crippen molar-refractivity contribution in [3.63, 3.8) is 0 Å². The van der Waals surface area contributed by atoms with Crippen molar-refractivity contribution in [1.29, 1.82) is 0 Å². The molecule has 1 N–H and O–H groups in total. The molecule has 0 aliphatic rings. The number of aryl methyl sites for hydroxylation is 1. The summed E-state index contributed by atoms with van der Waals surface area (Å²) in [7, 11) is 0. The molecular formula is C16H17BrFN. The summed E-state index contributed by atoms with van der Waals surface area (Å²) in [6, 6.07) is 13.8. The molecule has 1 atom stereocenters. The van der Waals surface area contributed by atoms with E-state index < -0.39 is 0 Å². The molecule has 1 unspecified atom stereocenters. The maximum atomic E-state index is 13.5. The molecule has 0 aliphatic heterocycles. The lowest BCUT2D eigenvalue weighted by atomic mass is 10.1. The van der Waals surface area contributed by atoms with E-state index in [0.29, 0.717) is 5.56 Å². The molecule has 0 heterocycles. The molecule has 0 fully saturated rings. The first kappa shape index (κ1) is 14.1. The van der Waals surface area contributed by atoms with Gasteiger partial charge in [0.05, 0.1) is 0 Å². The maximum Gasteiger partial charge on any atom is 0.128 e. The molecule has 0 aromatic heterocycles. The van der Waals surface area contributed by atoms with Gasteiger partial charge in [0.2, 0.25) is 0 Å². The fourth-order valence-electron chi connectivity index (χ4n) is 1.99. The molecule has 19 heavy (non-hydrogen) atoms. The molecule has 0 bridgehead atoms. The highest BCUT2D eigenvalue weighted by molar-refractivity contribution is 9.10. The highest BCUT2D eigenvalue weighted by Gasteiger charge is 2.05. The second kappa shape index (κ2) is 6.20. The molecule has 1 nitrogen and oxygen atoms in total. The van der Waals surface area contributed by atoms with Gasteiger partial charge in [-0.15, -0.1) is 0 Å². The Bertz CT molecular complexity index is 551. The minimum Gasteiger partial charge on any atom is -0.382 e. The number of benzene rings is 2. The van der Waals surface area contributed by atoms with Crippen molar-refractivity contribution in [2.75, 3.05) is 5.32 Å². The number of hydrogen-bond acceptors (Lipinski definition) is 1. The van der Waals surface area contributed by atoms with Gasteiger partial charge in [-0.2, -0.15) is 0 Å². The van der Waals surface area contributed by atoms with Gasteiger partial charge in [-0.3, -0.25) is 0 Å². The van der Waals surface area contributed by atoms with Crippen LogP contribution in [0.3, 0.4) is 0 Å². The molecule has 2 aromatic carbocycles. The molecule has 0 radical (unpaired) electrons. The van der Waals surface area contributed by atoms with Crippen LogP contribution in [0.5, 0.6) is 0 Å². The molecule has 0 saturated carbocycles. The van der Waals surface area contributed by atoms with E-state index in [1.165, 1.54) is 5.56 Å². The van der Waals surface area contributed by atoms with E-state index in [4.69, 9.17) is 0 Å². The second-order valence-corrected chi connectivity index (χ2v) is 5.76. The van der Waals surface area contributed by atoms with Crippen LogP contribution >= 0.6 is 15.9 Å². The van der Waals surface area contributed by atoms with Gasteiger partial charge in [0, 0.05) is 16.2 Å². The maximum absolute atomic E-state index is 13.5. The Morgan fingerprint density at radius 2 is 1.84 bits per heavy atom. The summed E-state index contributed by atoms with van der Waals surface area (Å²) in [4.78, 5) is 0. The molecule has 0 aliphatic carbocycles. The van der Waals surface area contributed by atoms with Gasteiger partial charge in [0.25, 0.3) is 0 Å². The average molecular weight is 322 g/mol. The lowest BCUT2D eigenvalue weighted by Crippen LogP contribution is -2.18. The predicted molar refractivity (Wildman–Crippen MR) is 82.1 cm³/mol. The van der Waals surface area contributed by atoms with Crippen molar-refractivity contribution in [3.05, 3.63) is 63.9 Å². The van der Waals surface area contributed by atoms with E-state index in [0.717, 1.165) is 16.6 Å². The first-order valence-electron chi connectivity index (χ1n) is 6.32. The van der Waals surface area contributed by atoms with Crippen molar-refractivity contribution in [3.8, 4) is 0 Å². The Hall–Kier alpha value is -1.35. The van der Waals surface area contributed by atoms with Gasteiger partial charge in [-0.1, -0.05) is 34.1 Å². The van der Waals surface area contributed by atoms with Gasteiger partial charge < -0.3 is 5.32 Å². The Morgan fingerprint density at radius 1 is 1.16 bits per heavy atom. The third-order valence-corrected chi connectivity index (χ3v) is 3.57. The molecule has 100 valence electrons. The molecule has 0 amide bonds. The Balaban J connectivity index is 1.98. The highest BCUT2D eigenvalue weighted by Crippen LogP contribution is 2.17. The predicted octanol–water partition coefficient (Wildman–Crippen LogP) is 4.94. The smallest absolute Gasteiger partial charge is 0.128 e. The van der Waals surface area contributed by atoms with E-state index in [1.54, 1.807) is 19.1 Å². The van der Waals surface area contributed by atoms with Crippen LogP contribution in [0.15, 0.2) is 46.9 Å². The van der Waals surface area contributed by atoms with E-state index in [1.807, 2.05) is 18.2 Å². The first-order valence-corrected chi connectivity index (χ1v) is 7.11. The quantitative estimate of drug-likeness (QED) is 0.841. The van der Waals surface area contributed by atoms with Crippen molar-refractivity contribution < 1.29 is 4.39 Å². The fourth-order valence-corrected chi connectivity index (χ4v) is 2.26. The molecule has 2 aromatic rings. The van der Waals surface area contributed by atoms with Crippen LogP contribution in [-0.4, -0.2) is 6.04 Å². The van der Waals surface area contributed by atoms with Gasteiger partial charge >= 0.3 is 0 Å². The van der Waals surface area contributed by atoms with Crippen LogP contribution in [0, 0.1) is 12.7 Å². The summed E-state index contributed by atoms with van der Waals surface area (Å²) in [6.07, 6.45) is 0.906. The number of anilines is 1. The molecular weight excluding hydrogens is 305 g/mol. The summed E-state index contributed by atoms with van der Waals surface area (Å²) in [5, 5.41) is 3.32. The highest BCUT2D eigenvalue weighted by atomic mass is 79.9. The van der Waals surface area contributed by atoms with Crippen LogP contribution in [0.4, 0.5) is 10.1 Å². The fraction of sp³-hybridized carbons (Fsp3) is 0.250. The number of hydrogen-bond donors (Lipinski definition) is 1. The van der Waals surface area contributed by atoms with Crippen LogP contribution < -0.4 is 5.32 Å². The summed E-state index contributed by atoms with van der Waals surface area (Å²) >= 11 is 3.42. The number of rotatable bonds is 4. The van der Waals surface area contributed by atoms with E-state index in [2.05, 4.69) is 40.3 Å². The second-order valence-electron chi connectivity index (χ2n) is 4.84. The van der Waals surface area contributed by atoms with Crippen molar-refractivity contribution in [2.24, 2.45) is 0 Å². The summed E-state index contributed by atoms with van der Waals surface area (Å²) < 4.78 is 14.5. The minimum absolute atomic E-state index is 0.166. The largest absolute Gasteiger partial charge is 0.382 e. The lowest BCUT2D eigenvalue weighted by molar-refractivity contribution is 0.618. The minimum atomic E-state index is -0.166. The number of halogens is 2. The summed E-state index contributed by atoms with van der Waals surface area (Å²) in [5.74, 6) is -0.166. The standard InChI is InChI=1S/C16H17BrFN/c1-11-3-8-15(10-16(11)18)19-12(2)9-13-4-6-14(17)7-5-13/h3-8,10,12,19H,9H2,1-2H3. The molecule has 0 spiro atoms. The third kappa shape index (κ3) is 4.06. The lowest BCUT2D eigenvalue weighted by Gasteiger charge is -2.16. The van der Waals surface area contributed by atoms with Crippen LogP contribution in [-0.2, 0) is 6.42 Å². The molecule has 3 heteroatoms. The third-order valence-electron chi connectivity index (χ3n) is 3.04. The van der Waals surface area contributed by atoms with Crippen LogP contribution in [0.25, 0.3) is 0 Å². The van der Waals surface area contributed by atoms with Crippen molar-refractivity contribution >= 4 is 21.6 Å². The summed E-state index contributed by atoms with van der Waals surface area (Å²) in [5.41, 5.74) is 2.76. The SMILES string of the molecule is Cc1ccc(NC(C)Cc2ccc(Br)cc2)cc1F. The first-order chi connectivity index (χ1) is 9.04. The van der Waals surface area contributed by atoms with Crippen LogP contribution in [0.1, 0.15) is 18.1 Å². The van der Waals surface area contributed by atoms with Crippen LogP contribution in [0.2, 0.25) is 0 Å². The van der Waals surface area contributed by atoms with Gasteiger partial charge in [-0.05, 0) is 55.7 Å². The van der Waals surface area contributed by atoms with Gasteiger partial charge in [0.1, 0.15) is 5.82 Å². The van der Waals surface area contributed by atoms with E-state index in [9.17, 15) is 4.39 Å². The van der Waals surface area contributed by atoms with Crippen molar-refractivity contribution in [1.82, 2.24) is 0 Å². The zero-order valence-electron chi connectivity index (χ0n) is 11.1. The topological polar surface area (TPSA) is 12.0 Å². The molecule has 0 saturated heterocycles.